The van der Waals surface area contributed by atoms with Gasteiger partial charge >= 0.3 is 0 Å². The molecule has 0 atom stereocenters. The normalized spacial score (nSPS) is 12.8. The lowest BCUT2D eigenvalue weighted by molar-refractivity contribution is -0.385. The Morgan fingerprint density at radius 3 is 2.66 bits per heavy atom. The van der Waals surface area contributed by atoms with Crippen LogP contribution in [0.2, 0.25) is 10.0 Å². The fraction of sp³-hybridized carbons (Fsp3) is 0.105. The number of nitrogens with one attached hydrogen (secondary N) is 1. The Morgan fingerprint density at radius 1 is 1.22 bits per heavy atom. The van der Waals surface area contributed by atoms with Gasteiger partial charge in [-0.1, -0.05) is 29.3 Å². The Morgan fingerprint density at radius 2 is 1.97 bits per heavy atom. The molecule has 3 amide bonds. The van der Waals surface area contributed by atoms with Gasteiger partial charge in [0.15, 0.2) is 5.82 Å². The monoisotopic (exact) mass is 474 g/mol. The number of nitro groups is 1. The van der Waals surface area contributed by atoms with Crippen molar-refractivity contribution in [1.29, 1.82) is 0 Å². The smallest absolute Gasteiger partial charge is 0.282 e. The summed E-state index contributed by atoms with van der Waals surface area (Å²) >= 11 is 12.0. The molecule has 1 N–H and O–H groups in total. The van der Waals surface area contributed by atoms with E-state index in [2.05, 4.69) is 15.4 Å². The number of aryl methyl sites for hydroxylation is 1. The summed E-state index contributed by atoms with van der Waals surface area (Å²) in [6.07, 6.45) is 1.36. The van der Waals surface area contributed by atoms with Crippen molar-refractivity contribution >= 4 is 52.4 Å². The summed E-state index contributed by atoms with van der Waals surface area (Å²) in [6.45, 7) is 1.02. The van der Waals surface area contributed by atoms with E-state index in [0.29, 0.717) is 15.6 Å². The van der Waals surface area contributed by atoms with Gasteiger partial charge in [0.2, 0.25) is 5.91 Å². The van der Waals surface area contributed by atoms with Crippen LogP contribution in [0.25, 0.3) is 5.82 Å². The summed E-state index contributed by atoms with van der Waals surface area (Å²) in [7, 11) is 0. The molecule has 11 nitrogen and oxygen atoms in total. The lowest BCUT2D eigenvalue weighted by atomic mass is 10.1. The maximum Gasteiger partial charge on any atom is 0.282 e. The highest BCUT2D eigenvalue weighted by Crippen LogP contribution is 2.31. The molecule has 32 heavy (non-hydrogen) atoms. The molecule has 0 fully saturated rings. The summed E-state index contributed by atoms with van der Waals surface area (Å²) < 4.78 is 1.28. The number of hydrogen-bond donors (Lipinski definition) is 1. The third-order valence-corrected chi connectivity index (χ3v) is 5.05. The summed E-state index contributed by atoms with van der Waals surface area (Å²) in [6, 6.07) is 6.72. The Kier molecular flexibility index (Phi) is 5.36. The number of nitrogens with zero attached hydrogens (tertiary/aromatic N) is 5. The highest BCUT2D eigenvalue weighted by atomic mass is 35.5. The maximum atomic E-state index is 12.7. The van der Waals surface area contributed by atoms with Crippen LogP contribution in [0.4, 0.5) is 11.5 Å². The van der Waals surface area contributed by atoms with E-state index in [0.717, 1.165) is 6.07 Å². The van der Waals surface area contributed by atoms with Crippen LogP contribution in [0, 0.1) is 17.0 Å². The third-order valence-electron chi connectivity index (χ3n) is 4.56. The number of pyridine rings is 1. The summed E-state index contributed by atoms with van der Waals surface area (Å²) in [5, 5.41) is 18.5. The molecule has 0 spiro atoms. The minimum Gasteiger partial charge on any atom is -0.309 e. The quantitative estimate of drug-likeness (QED) is 0.340. The Balaban J connectivity index is 1.58. The van der Waals surface area contributed by atoms with Crippen LogP contribution in [0.1, 0.15) is 26.4 Å². The molecule has 13 heteroatoms. The van der Waals surface area contributed by atoms with E-state index in [9.17, 15) is 24.5 Å². The molecule has 0 saturated carbocycles. The minimum atomic E-state index is -0.917. The molecule has 0 radical (unpaired) electrons. The van der Waals surface area contributed by atoms with Crippen molar-refractivity contribution in [2.45, 2.75) is 6.92 Å². The molecule has 1 aliphatic rings. The van der Waals surface area contributed by atoms with Gasteiger partial charge in [-0.15, -0.1) is 0 Å². The Labute approximate surface area is 189 Å². The van der Waals surface area contributed by atoms with Crippen molar-refractivity contribution in [3.63, 3.8) is 0 Å². The Bertz CT molecular complexity index is 1320. The number of halogens is 2. The first kappa shape index (κ1) is 21.4. The number of fused-ring (bicyclic) bond motifs is 1. The molecule has 1 aliphatic heterocycles. The van der Waals surface area contributed by atoms with Crippen LogP contribution in [-0.2, 0) is 4.79 Å². The van der Waals surface area contributed by atoms with Crippen LogP contribution >= 0.6 is 23.2 Å². The predicted octanol–water partition coefficient (Wildman–Crippen LogP) is 3.03. The molecule has 4 rings (SSSR count). The van der Waals surface area contributed by atoms with Crippen molar-refractivity contribution in [1.82, 2.24) is 19.7 Å². The van der Waals surface area contributed by atoms with E-state index in [1.54, 1.807) is 6.92 Å². The molecular weight excluding hydrogens is 463 g/mol. The standard InChI is InChI=1S/C19H12Cl2N6O5/c1-9-5-14(26(24-9)17-12(21)6-10(20)7-22-17)23-15(28)8-25-18(29)11-3-2-4-13(27(31)32)16(11)19(25)30/h2-7H,8H2,1H3,(H,23,28). The number of nitro benzene ring substituents is 1. The number of aromatic nitrogens is 3. The fourth-order valence-electron chi connectivity index (χ4n) is 3.25. The van der Waals surface area contributed by atoms with E-state index < -0.39 is 34.9 Å². The van der Waals surface area contributed by atoms with E-state index in [-0.39, 0.29) is 27.8 Å². The van der Waals surface area contributed by atoms with E-state index in [1.165, 1.54) is 35.1 Å². The van der Waals surface area contributed by atoms with Gasteiger partial charge in [0.1, 0.15) is 17.9 Å². The highest BCUT2D eigenvalue weighted by Gasteiger charge is 2.41. The van der Waals surface area contributed by atoms with Gasteiger partial charge in [-0.2, -0.15) is 9.78 Å². The van der Waals surface area contributed by atoms with Crippen molar-refractivity contribution in [2.24, 2.45) is 0 Å². The lowest BCUT2D eigenvalue weighted by Gasteiger charge is -2.14. The number of amides is 3. The lowest BCUT2D eigenvalue weighted by Crippen LogP contribution is -2.37. The zero-order valence-corrected chi connectivity index (χ0v) is 17.7. The van der Waals surface area contributed by atoms with Gasteiger partial charge in [0.25, 0.3) is 17.5 Å². The average Bonchev–Trinajstić information content (AvgIpc) is 3.20. The van der Waals surface area contributed by atoms with Crippen LogP contribution < -0.4 is 5.32 Å². The molecule has 3 heterocycles. The van der Waals surface area contributed by atoms with Crippen molar-refractivity contribution in [2.75, 3.05) is 11.9 Å². The second kappa shape index (κ2) is 8.02. The molecule has 0 bridgehead atoms. The average molecular weight is 475 g/mol. The van der Waals surface area contributed by atoms with Gasteiger partial charge in [-0.3, -0.25) is 29.4 Å². The number of carbonyl (C=O) groups is 3. The second-order valence-electron chi connectivity index (χ2n) is 6.74. The minimum absolute atomic E-state index is 0.130. The Hall–Kier alpha value is -3.83. The third kappa shape index (κ3) is 3.67. The zero-order valence-electron chi connectivity index (χ0n) is 16.2. The highest BCUT2D eigenvalue weighted by molar-refractivity contribution is 6.35. The molecule has 1 aromatic carbocycles. The van der Waals surface area contributed by atoms with Crippen LogP contribution in [0.3, 0.4) is 0 Å². The first-order chi connectivity index (χ1) is 15.2. The van der Waals surface area contributed by atoms with Gasteiger partial charge in [-0.05, 0) is 19.1 Å². The van der Waals surface area contributed by atoms with Gasteiger partial charge in [0.05, 0.1) is 26.2 Å². The number of benzene rings is 1. The number of carbonyl (C=O) groups excluding carboxylic acids is 3. The van der Waals surface area contributed by atoms with Gasteiger partial charge in [0, 0.05) is 18.3 Å². The van der Waals surface area contributed by atoms with Crippen LogP contribution in [0.5, 0.6) is 0 Å². The van der Waals surface area contributed by atoms with Crippen molar-refractivity contribution in [3.05, 3.63) is 73.5 Å². The zero-order chi connectivity index (χ0) is 23.2. The fourth-order valence-corrected chi connectivity index (χ4v) is 3.71. The van der Waals surface area contributed by atoms with E-state index in [1.807, 2.05) is 0 Å². The SMILES string of the molecule is Cc1cc(NC(=O)CN2C(=O)c3cccc([N+](=O)[O-])c3C2=O)n(-c2ncc(Cl)cc2Cl)n1. The first-order valence-corrected chi connectivity index (χ1v) is 9.74. The molecule has 3 aromatic rings. The second-order valence-corrected chi connectivity index (χ2v) is 7.59. The van der Waals surface area contributed by atoms with E-state index in [4.69, 9.17) is 23.2 Å². The summed E-state index contributed by atoms with van der Waals surface area (Å²) in [5.74, 6) is -2.05. The number of hydrogen-bond acceptors (Lipinski definition) is 7. The van der Waals surface area contributed by atoms with Crippen LogP contribution in [-0.4, -0.2) is 48.9 Å². The summed E-state index contributed by atoms with van der Waals surface area (Å²) in [5.41, 5.74) is -0.436. The number of imide groups is 1. The maximum absolute atomic E-state index is 12.7. The molecule has 0 aliphatic carbocycles. The van der Waals surface area contributed by atoms with Gasteiger partial charge in [-0.25, -0.2) is 4.98 Å². The number of rotatable bonds is 5. The molecule has 0 unspecified atom stereocenters. The molecule has 162 valence electrons. The molecule has 2 aromatic heterocycles. The first-order valence-electron chi connectivity index (χ1n) is 8.99. The molecule has 0 saturated heterocycles. The topological polar surface area (TPSA) is 140 Å². The molecular formula is C19H12Cl2N6O5. The summed E-state index contributed by atoms with van der Waals surface area (Å²) in [4.78, 5) is 53.1. The largest absolute Gasteiger partial charge is 0.309 e. The van der Waals surface area contributed by atoms with E-state index >= 15 is 0 Å². The van der Waals surface area contributed by atoms with Crippen molar-refractivity contribution < 1.29 is 19.3 Å². The number of anilines is 1. The van der Waals surface area contributed by atoms with Crippen LogP contribution in [0.15, 0.2) is 36.5 Å². The van der Waals surface area contributed by atoms with Gasteiger partial charge < -0.3 is 5.32 Å². The van der Waals surface area contributed by atoms with Crippen molar-refractivity contribution in [3.8, 4) is 5.82 Å². The predicted molar refractivity (Wildman–Crippen MR) is 113 cm³/mol.